The van der Waals surface area contributed by atoms with Gasteiger partial charge in [0.15, 0.2) is 0 Å². The first-order chi connectivity index (χ1) is 19.8. The van der Waals surface area contributed by atoms with Gasteiger partial charge in [-0.1, -0.05) is 69.9 Å². The van der Waals surface area contributed by atoms with Crippen LogP contribution in [-0.4, -0.2) is 24.9 Å². The number of aromatic nitrogens is 5. The number of nitrogens with zero attached hydrogens (tertiary/aromatic N) is 5. The molecule has 0 saturated heterocycles. The molecule has 5 heteroatoms. The summed E-state index contributed by atoms with van der Waals surface area (Å²) in [6.45, 7) is 4.45. The highest BCUT2D eigenvalue weighted by atomic mass is 14.9. The van der Waals surface area contributed by atoms with Crippen LogP contribution in [0.1, 0.15) is 86.5 Å². The van der Waals surface area contributed by atoms with E-state index in [4.69, 9.17) is 24.9 Å². The summed E-state index contributed by atoms with van der Waals surface area (Å²) in [6, 6.07) is 31.0. The van der Waals surface area contributed by atoms with E-state index in [1.807, 2.05) is 49.1 Å². The highest BCUT2D eigenvalue weighted by Crippen LogP contribution is 2.44. The summed E-state index contributed by atoms with van der Waals surface area (Å²) in [6.07, 6.45) is 13.3. The van der Waals surface area contributed by atoms with E-state index in [0.29, 0.717) is 0 Å². The van der Waals surface area contributed by atoms with Crippen molar-refractivity contribution in [2.45, 2.75) is 63.2 Å². The fourth-order valence-electron chi connectivity index (χ4n) is 5.81. The topological polar surface area (TPSA) is 64.5 Å². The van der Waals surface area contributed by atoms with Crippen molar-refractivity contribution in [1.82, 2.24) is 24.9 Å². The van der Waals surface area contributed by atoms with Gasteiger partial charge in [-0.15, -0.1) is 0 Å². The molecule has 0 aromatic carbocycles. The van der Waals surface area contributed by atoms with Gasteiger partial charge in [-0.3, -0.25) is 24.9 Å². The van der Waals surface area contributed by atoms with E-state index in [1.54, 1.807) is 0 Å². The summed E-state index contributed by atoms with van der Waals surface area (Å²) in [4.78, 5) is 25.2. The largest absolute Gasteiger partial charge is 0.260 e. The molecular weight excluding hydrogens is 490 g/mol. The van der Waals surface area contributed by atoms with Gasteiger partial charge >= 0.3 is 0 Å². The molecule has 0 saturated carbocycles. The van der Waals surface area contributed by atoms with E-state index >= 15 is 0 Å². The lowest BCUT2D eigenvalue weighted by molar-refractivity contribution is 0.465. The standard InChI is InChI=1S/C35H37N5/c1-3-5-22-34(28-16-7-11-24-36-28,29-17-8-12-25-37-29)32-20-15-21-33(40-32)35(23-6-4-2,30-18-9-13-26-38-30)31-19-10-14-27-39-31/h7-21,24-27H,3-6,22-23H2,1-2H3. The Kier molecular flexibility index (Phi) is 8.70. The fraction of sp³-hybridized carbons (Fsp3) is 0.286. The van der Waals surface area contributed by atoms with E-state index in [9.17, 15) is 0 Å². The van der Waals surface area contributed by atoms with Crippen LogP contribution < -0.4 is 0 Å². The van der Waals surface area contributed by atoms with Gasteiger partial charge in [0.25, 0.3) is 0 Å². The van der Waals surface area contributed by atoms with Crippen molar-refractivity contribution >= 4 is 0 Å². The lowest BCUT2D eigenvalue weighted by Crippen LogP contribution is -2.36. The number of pyridine rings is 5. The molecule has 5 nitrogen and oxygen atoms in total. The molecule has 202 valence electrons. The van der Waals surface area contributed by atoms with Crippen molar-refractivity contribution in [2.24, 2.45) is 0 Å². The van der Waals surface area contributed by atoms with Crippen LogP contribution in [0.25, 0.3) is 0 Å². The minimum Gasteiger partial charge on any atom is -0.260 e. The van der Waals surface area contributed by atoms with Gasteiger partial charge in [0.05, 0.1) is 45.0 Å². The van der Waals surface area contributed by atoms with Crippen LogP contribution in [0.4, 0.5) is 0 Å². The molecule has 0 aliphatic heterocycles. The van der Waals surface area contributed by atoms with Gasteiger partial charge in [-0.2, -0.15) is 0 Å². The lowest BCUT2D eigenvalue weighted by atomic mass is 9.70. The van der Waals surface area contributed by atoms with Crippen LogP contribution in [0.2, 0.25) is 0 Å². The number of rotatable bonds is 12. The smallest absolute Gasteiger partial charge is 0.0967 e. The van der Waals surface area contributed by atoms with E-state index in [1.165, 1.54) is 0 Å². The molecule has 0 fully saturated rings. The monoisotopic (exact) mass is 527 g/mol. The van der Waals surface area contributed by atoms with Gasteiger partial charge in [-0.25, -0.2) is 0 Å². The molecule has 0 aliphatic rings. The maximum Gasteiger partial charge on any atom is 0.0967 e. The first kappa shape index (κ1) is 27.3. The number of hydrogen-bond acceptors (Lipinski definition) is 5. The summed E-state index contributed by atoms with van der Waals surface area (Å²) >= 11 is 0. The molecule has 40 heavy (non-hydrogen) atoms. The molecule has 0 unspecified atom stereocenters. The van der Waals surface area contributed by atoms with E-state index < -0.39 is 10.8 Å². The van der Waals surface area contributed by atoms with Crippen LogP contribution in [0.5, 0.6) is 0 Å². The molecule has 0 N–H and O–H groups in total. The second kappa shape index (κ2) is 12.7. The highest BCUT2D eigenvalue weighted by Gasteiger charge is 2.43. The Morgan fingerprint density at radius 2 is 0.750 bits per heavy atom. The Balaban J connectivity index is 1.81. The van der Waals surface area contributed by atoms with E-state index in [0.717, 1.165) is 72.7 Å². The Labute approximate surface area is 237 Å². The van der Waals surface area contributed by atoms with E-state index in [-0.39, 0.29) is 0 Å². The highest BCUT2D eigenvalue weighted by molar-refractivity contribution is 5.47. The minimum atomic E-state index is -0.598. The average Bonchev–Trinajstić information content (AvgIpc) is 3.04. The third-order valence-corrected chi connectivity index (χ3v) is 7.84. The zero-order valence-electron chi connectivity index (χ0n) is 23.4. The third-order valence-electron chi connectivity index (χ3n) is 7.84. The Morgan fingerprint density at radius 3 is 1.02 bits per heavy atom. The van der Waals surface area contributed by atoms with Crippen LogP contribution in [-0.2, 0) is 10.8 Å². The van der Waals surface area contributed by atoms with Crippen LogP contribution in [0.15, 0.2) is 116 Å². The summed E-state index contributed by atoms with van der Waals surface area (Å²) < 4.78 is 0. The van der Waals surface area contributed by atoms with Crippen molar-refractivity contribution in [1.29, 1.82) is 0 Å². The Morgan fingerprint density at radius 1 is 0.425 bits per heavy atom. The molecule has 5 heterocycles. The first-order valence-electron chi connectivity index (χ1n) is 14.4. The SMILES string of the molecule is CCCCC(c1ccccn1)(c1ccccn1)c1cccc(C(CCCC)(c2ccccn2)c2ccccn2)n1. The maximum atomic E-state index is 5.57. The van der Waals surface area contributed by atoms with Gasteiger partial charge in [0.2, 0.25) is 0 Å². The van der Waals surface area contributed by atoms with Crippen LogP contribution in [0.3, 0.4) is 0 Å². The summed E-state index contributed by atoms with van der Waals surface area (Å²) in [5.41, 5.74) is 4.54. The van der Waals surface area contributed by atoms with Gasteiger partial charge in [-0.05, 0) is 73.5 Å². The van der Waals surface area contributed by atoms with Gasteiger partial charge in [0.1, 0.15) is 0 Å². The third kappa shape index (κ3) is 5.16. The molecule has 5 aromatic rings. The maximum absolute atomic E-state index is 5.57. The Hall–Kier alpha value is -4.25. The van der Waals surface area contributed by atoms with Gasteiger partial charge in [0, 0.05) is 24.8 Å². The molecule has 0 aliphatic carbocycles. The molecular formula is C35H37N5. The molecule has 5 aromatic heterocycles. The minimum absolute atomic E-state index is 0.598. The Bertz CT molecular complexity index is 1270. The van der Waals surface area contributed by atoms with Crippen molar-refractivity contribution in [3.63, 3.8) is 0 Å². The fourth-order valence-corrected chi connectivity index (χ4v) is 5.81. The van der Waals surface area contributed by atoms with Crippen LogP contribution >= 0.6 is 0 Å². The number of hydrogen-bond donors (Lipinski definition) is 0. The first-order valence-corrected chi connectivity index (χ1v) is 14.4. The van der Waals surface area contributed by atoms with Gasteiger partial charge < -0.3 is 0 Å². The molecule has 0 radical (unpaired) electrons. The molecule has 0 amide bonds. The second-order valence-corrected chi connectivity index (χ2v) is 10.3. The summed E-state index contributed by atoms with van der Waals surface area (Å²) in [5.74, 6) is 0. The molecule has 0 atom stereocenters. The van der Waals surface area contributed by atoms with Crippen LogP contribution in [0, 0.1) is 0 Å². The lowest BCUT2D eigenvalue weighted by Gasteiger charge is -2.36. The predicted molar refractivity (Wildman–Crippen MR) is 160 cm³/mol. The van der Waals surface area contributed by atoms with Crippen molar-refractivity contribution in [3.05, 3.63) is 150 Å². The average molecular weight is 528 g/mol. The molecule has 0 bridgehead atoms. The summed E-state index contributed by atoms with van der Waals surface area (Å²) in [5, 5.41) is 0. The summed E-state index contributed by atoms with van der Waals surface area (Å²) in [7, 11) is 0. The second-order valence-electron chi connectivity index (χ2n) is 10.3. The van der Waals surface area contributed by atoms with Crippen molar-refractivity contribution in [2.75, 3.05) is 0 Å². The van der Waals surface area contributed by atoms with E-state index in [2.05, 4.69) is 80.6 Å². The quantitative estimate of drug-likeness (QED) is 0.166. The number of unbranched alkanes of at least 4 members (excludes halogenated alkanes) is 2. The van der Waals surface area contributed by atoms with Crippen molar-refractivity contribution in [3.8, 4) is 0 Å². The zero-order valence-corrected chi connectivity index (χ0v) is 23.4. The molecule has 5 rings (SSSR count). The normalized spacial score (nSPS) is 11.8. The van der Waals surface area contributed by atoms with Crippen molar-refractivity contribution < 1.29 is 0 Å². The zero-order chi connectivity index (χ0) is 27.7. The predicted octanol–water partition coefficient (Wildman–Crippen LogP) is 7.71. The molecule has 0 spiro atoms.